The van der Waals surface area contributed by atoms with E-state index in [1.165, 1.54) is 11.8 Å². The Morgan fingerprint density at radius 2 is 2.12 bits per heavy atom. The smallest absolute Gasteiger partial charge is 0.230 e. The van der Waals surface area contributed by atoms with E-state index in [1.54, 1.807) is 6.33 Å². The van der Waals surface area contributed by atoms with Gasteiger partial charge in [0, 0.05) is 31.7 Å². The standard InChI is InChI=1S/C17H21N5O2S/c23-15(18-9-5-11-21-10-4-8-16(21)24)12-25-17-20-19-13-22(17)14-6-2-1-3-7-14/h1-3,6-7,13H,4-5,8-12H2,(H,18,23). The Morgan fingerprint density at radius 3 is 2.88 bits per heavy atom. The molecule has 0 saturated carbocycles. The first-order chi connectivity index (χ1) is 12.2. The minimum absolute atomic E-state index is 0.0413. The van der Waals surface area contributed by atoms with Gasteiger partial charge in [0.05, 0.1) is 5.75 Å². The van der Waals surface area contributed by atoms with Crippen molar-refractivity contribution in [1.82, 2.24) is 25.0 Å². The third-order valence-electron chi connectivity index (χ3n) is 3.98. The van der Waals surface area contributed by atoms with Crippen LogP contribution in [-0.4, -0.2) is 56.9 Å². The summed E-state index contributed by atoms with van der Waals surface area (Å²) >= 11 is 1.35. The molecule has 25 heavy (non-hydrogen) atoms. The van der Waals surface area contributed by atoms with Gasteiger partial charge >= 0.3 is 0 Å². The number of nitrogens with one attached hydrogen (secondary N) is 1. The summed E-state index contributed by atoms with van der Waals surface area (Å²) in [6, 6.07) is 9.77. The van der Waals surface area contributed by atoms with Crippen LogP contribution in [-0.2, 0) is 9.59 Å². The molecule has 2 aromatic rings. The Labute approximate surface area is 150 Å². The number of benzene rings is 1. The van der Waals surface area contributed by atoms with Gasteiger partial charge in [-0.25, -0.2) is 0 Å². The van der Waals surface area contributed by atoms with Crippen LogP contribution in [0.2, 0.25) is 0 Å². The molecule has 1 aromatic heterocycles. The van der Waals surface area contributed by atoms with Gasteiger partial charge in [0.25, 0.3) is 0 Å². The number of thioether (sulfide) groups is 1. The van der Waals surface area contributed by atoms with Gasteiger partial charge in [-0.2, -0.15) is 0 Å². The number of likely N-dealkylation sites (tertiary alicyclic amines) is 1. The first-order valence-corrected chi connectivity index (χ1v) is 9.35. The molecule has 0 spiro atoms. The van der Waals surface area contributed by atoms with Gasteiger partial charge in [0.1, 0.15) is 6.33 Å². The van der Waals surface area contributed by atoms with Crippen molar-refractivity contribution in [2.75, 3.05) is 25.4 Å². The zero-order valence-corrected chi connectivity index (χ0v) is 14.7. The quantitative estimate of drug-likeness (QED) is 0.570. The first-order valence-electron chi connectivity index (χ1n) is 8.37. The summed E-state index contributed by atoms with van der Waals surface area (Å²) < 4.78 is 1.86. The highest BCUT2D eigenvalue weighted by Gasteiger charge is 2.19. The largest absolute Gasteiger partial charge is 0.355 e. The van der Waals surface area contributed by atoms with Crippen LogP contribution in [0.4, 0.5) is 0 Å². The average molecular weight is 359 g/mol. The Morgan fingerprint density at radius 1 is 1.28 bits per heavy atom. The van der Waals surface area contributed by atoms with Crippen molar-refractivity contribution in [3.63, 3.8) is 0 Å². The summed E-state index contributed by atoms with van der Waals surface area (Å²) in [4.78, 5) is 25.3. The van der Waals surface area contributed by atoms with Crippen LogP contribution >= 0.6 is 11.8 Å². The van der Waals surface area contributed by atoms with Gasteiger partial charge in [0.2, 0.25) is 11.8 Å². The lowest BCUT2D eigenvalue weighted by Gasteiger charge is -2.15. The third kappa shape index (κ3) is 4.82. The number of carbonyl (C=O) groups excluding carboxylic acids is 2. The van der Waals surface area contributed by atoms with Crippen LogP contribution in [0.25, 0.3) is 5.69 Å². The van der Waals surface area contributed by atoms with Gasteiger partial charge in [-0.3, -0.25) is 14.2 Å². The molecule has 0 bridgehead atoms. The normalized spacial score (nSPS) is 14.1. The molecule has 1 aliphatic rings. The van der Waals surface area contributed by atoms with Crippen molar-refractivity contribution in [3.05, 3.63) is 36.7 Å². The van der Waals surface area contributed by atoms with Crippen molar-refractivity contribution in [2.24, 2.45) is 0 Å². The fourth-order valence-electron chi connectivity index (χ4n) is 2.71. The molecule has 3 rings (SSSR count). The molecular formula is C17H21N5O2S. The van der Waals surface area contributed by atoms with Crippen LogP contribution in [0.3, 0.4) is 0 Å². The molecule has 2 amide bonds. The van der Waals surface area contributed by atoms with E-state index in [-0.39, 0.29) is 17.6 Å². The highest BCUT2D eigenvalue weighted by Crippen LogP contribution is 2.18. The second-order valence-electron chi connectivity index (χ2n) is 5.80. The topological polar surface area (TPSA) is 80.1 Å². The molecule has 0 unspecified atom stereocenters. The maximum absolute atomic E-state index is 12.0. The van der Waals surface area contributed by atoms with E-state index in [9.17, 15) is 9.59 Å². The van der Waals surface area contributed by atoms with Crippen molar-refractivity contribution in [2.45, 2.75) is 24.4 Å². The molecular weight excluding hydrogens is 338 g/mol. The second-order valence-corrected chi connectivity index (χ2v) is 6.74. The van der Waals surface area contributed by atoms with Gasteiger partial charge in [-0.05, 0) is 25.0 Å². The number of hydrogen-bond donors (Lipinski definition) is 1. The van der Waals surface area contributed by atoms with Gasteiger partial charge in [0.15, 0.2) is 5.16 Å². The van der Waals surface area contributed by atoms with Crippen LogP contribution in [0.15, 0.2) is 41.8 Å². The van der Waals surface area contributed by atoms with E-state index < -0.39 is 0 Å². The molecule has 1 fully saturated rings. The van der Waals surface area contributed by atoms with Gasteiger partial charge in [-0.1, -0.05) is 30.0 Å². The van der Waals surface area contributed by atoms with Crippen LogP contribution in [0, 0.1) is 0 Å². The number of para-hydroxylation sites is 1. The fraction of sp³-hybridized carbons (Fsp3) is 0.412. The molecule has 1 saturated heterocycles. The summed E-state index contributed by atoms with van der Waals surface area (Å²) in [6.07, 6.45) is 4.03. The van der Waals surface area contributed by atoms with Crippen molar-refractivity contribution < 1.29 is 9.59 Å². The lowest BCUT2D eigenvalue weighted by atomic mass is 10.3. The van der Waals surface area contributed by atoms with Crippen molar-refractivity contribution in [3.8, 4) is 5.69 Å². The molecule has 0 atom stereocenters. The molecule has 7 nitrogen and oxygen atoms in total. The van der Waals surface area contributed by atoms with E-state index in [2.05, 4.69) is 15.5 Å². The Hall–Kier alpha value is -2.35. The average Bonchev–Trinajstić information content (AvgIpc) is 3.26. The monoisotopic (exact) mass is 359 g/mol. The van der Waals surface area contributed by atoms with Crippen LogP contribution in [0.1, 0.15) is 19.3 Å². The predicted molar refractivity (Wildman–Crippen MR) is 95.5 cm³/mol. The maximum atomic E-state index is 12.0. The minimum Gasteiger partial charge on any atom is -0.355 e. The fourth-order valence-corrected chi connectivity index (χ4v) is 3.47. The van der Waals surface area contributed by atoms with Crippen molar-refractivity contribution in [1.29, 1.82) is 0 Å². The lowest BCUT2D eigenvalue weighted by Crippen LogP contribution is -2.31. The Balaban J connectivity index is 1.40. The maximum Gasteiger partial charge on any atom is 0.230 e. The number of hydrogen-bond acceptors (Lipinski definition) is 5. The molecule has 0 radical (unpaired) electrons. The van der Waals surface area contributed by atoms with Gasteiger partial charge < -0.3 is 10.2 Å². The third-order valence-corrected chi connectivity index (χ3v) is 4.92. The van der Waals surface area contributed by atoms with E-state index in [0.717, 1.165) is 25.1 Å². The highest BCUT2D eigenvalue weighted by atomic mass is 32.2. The number of rotatable bonds is 8. The molecule has 0 aliphatic carbocycles. The summed E-state index contributed by atoms with van der Waals surface area (Å²) in [5.74, 6) is 0.469. The molecule has 132 valence electrons. The van der Waals surface area contributed by atoms with Crippen molar-refractivity contribution >= 4 is 23.6 Å². The molecule has 1 aromatic carbocycles. The van der Waals surface area contributed by atoms with Crippen LogP contribution in [0.5, 0.6) is 0 Å². The second kappa shape index (κ2) is 8.66. The summed E-state index contributed by atoms with van der Waals surface area (Å²) in [5, 5.41) is 11.6. The lowest BCUT2D eigenvalue weighted by molar-refractivity contribution is -0.127. The van der Waals surface area contributed by atoms with Crippen LogP contribution < -0.4 is 5.32 Å². The van der Waals surface area contributed by atoms with E-state index in [1.807, 2.05) is 39.8 Å². The Bertz CT molecular complexity index is 719. The number of aromatic nitrogens is 3. The summed E-state index contributed by atoms with van der Waals surface area (Å²) in [5.41, 5.74) is 0.964. The first kappa shape index (κ1) is 17.5. The number of carbonyl (C=O) groups is 2. The molecule has 8 heteroatoms. The molecule has 2 heterocycles. The van der Waals surface area contributed by atoms with E-state index in [4.69, 9.17) is 0 Å². The summed E-state index contributed by atoms with van der Waals surface area (Å²) in [6.45, 7) is 2.14. The highest BCUT2D eigenvalue weighted by molar-refractivity contribution is 7.99. The zero-order chi connectivity index (χ0) is 17.5. The zero-order valence-electron chi connectivity index (χ0n) is 13.9. The van der Waals surface area contributed by atoms with E-state index in [0.29, 0.717) is 24.7 Å². The SMILES string of the molecule is O=C(CSc1nncn1-c1ccccc1)NCCCN1CCCC1=O. The summed E-state index contributed by atoms with van der Waals surface area (Å²) in [7, 11) is 0. The number of nitrogens with zero attached hydrogens (tertiary/aromatic N) is 4. The van der Waals surface area contributed by atoms with E-state index >= 15 is 0 Å². The molecule has 1 aliphatic heterocycles. The predicted octanol–water partition coefficient (Wildman–Crippen LogP) is 1.49. The molecule has 1 N–H and O–H groups in total. The number of amides is 2. The van der Waals surface area contributed by atoms with Gasteiger partial charge in [-0.15, -0.1) is 10.2 Å². The minimum atomic E-state index is -0.0413. The Kier molecular flexibility index (Phi) is 6.05.